The van der Waals surface area contributed by atoms with Gasteiger partial charge in [0.2, 0.25) is 0 Å². The van der Waals surface area contributed by atoms with E-state index in [2.05, 4.69) is 131 Å². The van der Waals surface area contributed by atoms with Crippen LogP contribution in [0.4, 0.5) is 0 Å². The van der Waals surface area contributed by atoms with Crippen LogP contribution >= 0.6 is 0 Å². The van der Waals surface area contributed by atoms with E-state index in [-0.39, 0.29) is 0 Å². The van der Waals surface area contributed by atoms with Crippen LogP contribution in [0.5, 0.6) is 0 Å². The molecule has 8 rings (SSSR count). The Kier molecular flexibility index (Phi) is 7.83. The molecule has 0 amide bonds. The predicted octanol–water partition coefficient (Wildman–Crippen LogP) is 10.3. The molecule has 0 spiro atoms. The lowest BCUT2D eigenvalue weighted by Gasteiger charge is -2.18. The van der Waals surface area contributed by atoms with Crippen LogP contribution in [0, 0.1) is 0 Å². The summed E-state index contributed by atoms with van der Waals surface area (Å²) in [5.41, 5.74) is 11.8. The van der Waals surface area contributed by atoms with Crippen LogP contribution in [0.15, 0.2) is 176 Å². The van der Waals surface area contributed by atoms with E-state index < -0.39 is 0 Å². The van der Waals surface area contributed by atoms with Crippen LogP contribution in [0.25, 0.3) is 78.7 Å². The molecule has 0 N–H and O–H groups in total. The molecule has 0 saturated carbocycles. The highest BCUT2D eigenvalue weighted by Gasteiger charge is 2.18. The Bertz CT molecular complexity index is 2270. The van der Waals surface area contributed by atoms with Gasteiger partial charge in [0.25, 0.3) is 0 Å². The van der Waals surface area contributed by atoms with Gasteiger partial charge in [0.05, 0.1) is 0 Å². The van der Waals surface area contributed by atoms with Crippen molar-refractivity contribution in [3.63, 3.8) is 0 Å². The number of hydrogen-bond acceptors (Lipinski definition) is 5. The summed E-state index contributed by atoms with van der Waals surface area (Å²) in [6.45, 7) is 0. The molecular formula is C43H29N5. The first kappa shape index (κ1) is 28.9. The normalized spacial score (nSPS) is 10.9. The van der Waals surface area contributed by atoms with Gasteiger partial charge in [0.1, 0.15) is 0 Å². The monoisotopic (exact) mass is 615 g/mol. The van der Waals surface area contributed by atoms with Gasteiger partial charge in [-0.25, -0.2) is 15.0 Å². The van der Waals surface area contributed by atoms with E-state index >= 15 is 0 Å². The van der Waals surface area contributed by atoms with Crippen molar-refractivity contribution in [3.05, 3.63) is 176 Å². The average molecular weight is 616 g/mol. The highest BCUT2D eigenvalue weighted by Crippen LogP contribution is 2.42. The van der Waals surface area contributed by atoms with Gasteiger partial charge in [0, 0.05) is 41.5 Å². The molecule has 0 atom stereocenters. The largest absolute Gasteiger partial charge is 0.265 e. The van der Waals surface area contributed by atoms with Gasteiger partial charge in [0.15, 0.2) is 17.5 Å². The first-order valence-electron chi connectivity index (χ1n) is 15.8. The molecule has 0 unspecified atom stereocenters. The van der Waals surface area contributed by atoms with Crippen LogP contribution in [0.2, 0.25) is 0 Å². The Morgan fingerprint density at radius 1 is 0.250 bits per heavy atom. The Morgan fingerprint density at radius 3 is 1.12 bits per heavy atom. The van der Waals surface area contributed by atoms with E-state index in [1.54, 1.807) is 24.8 Å². The predicted molar refractivity (Wildman–Crippen MR) is 193 cm³/mol. The summed E-state index contributed by atoms with van der Waals surface area (Å²) in [6, 6.07) is 52.5. The zero-order valence-corrected chi connectivity index (χ0v) is 26.0. The summed E-state index contributed by atoms with van der Waals surface area (Å²) in [5, 5.41) is 0. The third-order valence-corrected chi connectivity index (χ3v) is 8.39. The van der Waals surface area contributed by atoms with Crippen molar-refractivity contribution in [1.29, 1.82) is 0 Å². The highest BCUT2D eigenvalue weighted by atomic mass is 15.0. The second kappa shape index (κ2) is 13.0. The van der Waals surface area contributed by atoms with Crippen LogP contribution < -0.4 is 0 Å². The zero-order valence-electron chi connectivity index (χ0n) is 26.0. The number of benzene rings is 5. The minimum atomic E-state index is 0.586. The van der Waals surface area contributed by atoms with E-state index in [0.29, 0.717) is 17.5 Å². The van der Waals surface area contributed by atoms with Crippen molar-refractivity contribution in [2.45, 2.75) is 0 Å². The molecule has 0 aliphatic carbocycles. The van der Waals surface area contributed by atoms with Gasteiger partial charge in [-0.3, -0.25) is 9.97 Å². The number of aromatic nitrogens is 5. The first-order chi connectivity index (χ1) is 23.8. The summed E-state index contributed by atoms with van der Waals surface area (Å²) in [4.78, 5) is 23.2. The van der Waals surface area contributed by atoms with E-state index in [4.69, 9.17) is 15.0 Å². The molecule has 8 aromatic rings. The maximum absolute atomic E-state index is 4.98. The second-order valence-electron chi connectivity index (χ2n) is 11.4. The van der Waals surface area contributed by atoms with Gasteiger partial charge in [-0.2, -0.15) is 0 Å². The fourth-order valence-electron chi connectivity index (χ4n) is 6.08. The van der Waals surface area contributed by atoms with Gasteiger partial charge in [-0.05, 0) is 74.8 Å². The van der Waals surface area contributed by atoms with E-state index in [1.165, 1.54) is 22.3 Å². The van der Waals surface area contributed by atoms with Gasteiger partial charge in [-0.1, -0.05) is 121 Å². The molecule has 226 valence electrons. The van der Waals surface area contributed by atoms with E-state index in [1.807, 2.05) is 30.3 Å². The molecule has 0 aliphatic heterocycles. The molecule has 0 radical (unpaired) electrons. The van der Waals surface area contributed by atoms with E-state index in [0.717, 1.165) is 38.9 Å². The summed E-state index contributed by atoms with van der Waals surface area (Å²) >= 11 is 0. The average Bonchev–Trinajstić information content (AvgIpc) is 3.19. The van der Waals surface area contributed by atoms with Crippen LogP contribution in [-0.2, 0) is 0 Å². The summed E-state index contributed by atoms with van der Waals surface area (Å²) < 4.78 is 0. The fourth-order valence-corrected chi connectivity index (χ4v) is 6.08. The van der Waals surface area contributed by atoms with Gasteiger partial charge >= 0.3 is 0 Å². The Morgan fingerprint density at radius 2 is 0.625 bits per heavy atom. The summed E-state index contributed by atoms with van der Waals surface area (Å²) in [6.07, 6.45) is 7.00. The molecule has 5 aromatic carbocycles. The summed E-state index contributed by atoms with van der Waals surface area (Å²) in [7, 11) is 0. The topological polar surface area (TPSA) is 64.5 Å². The molecule has 5 nitrogen and oxygen atoms in total. The molecule has 0 bridgehead atoms. The molecule has 0 saturated heterocycles. The maximum Gasteiger partial charge on any atom is 0.164 e. The van der Waals surface area contributed by atoms with Crippen molar-refractivity contribution in [2.24, 2.45) is 0 Å². The van der Waals surface area contributed by atoms with Crippen molar-refractivity contribution < 1.29 is 0 Å². The quantitative estimate of drug-likeness (QED) is 0.178. The number of rotatable bonds is 7. The molecule has 5 heteroatoms. The number of hydrogen-bond donors (Lipinski definition) is 0. The number of pyridine rings is 2. The maximum atomic E-state index is 4.98. The summed E-state index contributed by atoms with van der Waals surface area (Å²) in [5.74, 6) is 1.76. The first-order valence-corrected chi connectivity index (χ1v) is 15.8. The van der Waals surface area contributed by atoms with Crippen molar-refractivity contribution in [2.75, 3.05) is 0 Å². The SMILES string of the molecule is c1ccc(-c2ccccc2-c2ccccc2-c2ccc(-c3nc(-c4ccncc4)nc(-c4ccncc4)n3)cc2-c2ccccc2)cc1. The van der Waals surface area contributed by atoms with Crippen LogP contribution in [0.1, 0.15) is 0 Å². The highest BCUT2D eigenvalue weighted by molar-refractivity contribution is 5.96. The smallest absolute Gasteiger partial charge is 0.164 e. The molecular weight excluding hydrogens is 587 g/mol. The third-order valence-electron chi connectivity index (χ3n) is 8.39. The van der Waals surface area contributed by atoms with Crippen LogP contribution in [-0.4, -0.2) is 24.9 Å². The Balaban J connectivity index is 1.32. The van der Waals surface area contributed by atoms with Crippen LogP contribution in [0.3, 0.4) is 0 Å². The van der Waals surface area contributed by atoms with Crippen molar-refractivity contribution in [1.82, 2.24) is 24.9 Å². The standard InChI is InChI=1S/C43H29N5/c1-3-11-30(12-4-1)35-15-7-8-16-36(35)37-17-9-10-18-38(37)39-20-19-34(29-40(39)31-13-5-2-6-14-31)43-47-41(32-21-25-44-26-22-32)46-42(48-43)33-23-27-45-28-24-33/h1-29H. The molecule has 3 aromatic heterocycles. The minimum absolute atomic E-state index is 0.586. The lowest BCUT2D eigenvalue weighted by atomic mass is 9.86. The van der Waals surface area contributed by atoms with Gasteiger partial charge in [-0.15, -0.1) is 0 Å². The Labute approximate surface area is 279 Å². The minimum Gasteiger partial charge on any atom is -0.265 e. The lowest BCUT2D eigenvalue weighted by Crippen LogP contribution is -2.01. The molecule has 3 heterocycles. The van der Waals surface area contributed by atoms with Crippen molar-refractivity contribution >= 4 is 0 Å². The molecule has 48 heavy (non-hydrogen) atoms. The lowest BCUT2D eigenvalue weighted by molar-refractivity contribution is 1.07. The van der Waals surface area contributed by atoms with Gasteiger partial charge < -0.3 is 0 Å². The zero-order chi connectivity index (χ0) is 32.1. The number of nitrogens with zero attached hydrogens (tertiary/aromatic N) is 5. The second-order valence-corrected chi connectivity index (χ2v) is 11.4. The molecule has 0 aliphatic rings. The fraction of sp³-hybridized carbons (Fsp3) is 0. The Hall–Kier alpha value is -6.59. The third kappa shape index (κ3) is 5.77. The van der Waals surface area contributed by atoms with E-state index in [9.17, 15) is 0 Å². The van der Waals surface area contributed by atoms with Crippen molar-refractivity contribution in [3.8, 4) is 78.7 Å². The molecule has 0 fully saturated rings.